The minimum atomic E-state index is 0.146. The Morgan fingerprint density at radius 1 is 1.44 bits per heavy atom. The van der Waals surface area contributed by atoms with Gasteiger partial charge in [-0.1, -0.05) is 18.2 Å². The van der Waals surface area contributed by atoms with Gasteiger partial charge in [0.2, 0.25) is 5.91 Å². The number of para-hydroxylation sites is 1. The number of amides is 1. The van der Waals surface area contributed by atoms with Crippen LogP contribution in [0.15, 0.2) is 34.9 Å². The van der Waals surface area contributed by atoms with Gasteiger partial charge in [-0.2, -0.15) is 0 Å². The number of hydrogen-bond donors (Lipinski definition) is 1. The highest BCUT2D eigenvalue weighted by Gasteiger charge is 2.27. The van der Waals surface area contributed by atoms with Gasteiger partial charge in [0.05, 0.1) is 12.2 Å². The molecule has 0 spiro atoms. The van der Waals surface area contributed by atoms with Crippen LogP contribution in [0.3, 0.4) is 0 Å². The van der Waals surface area contributed by atoms with E-state index in [-0.39, 0.29) is 11.8 Å². The molecular formula is C14H16N2O2. The lowest BCUT2D eigenvalue weighted by Gasteiger charge is -2.30. The molecule has 1 N–H and O–H groups in total. The van der Waals surface area contributed by atoms with Gasteiger partial charge >= 0.3 is 0 Å². The maximum absolute atomic E-state index is 12.0. The maximum Gasteiger partial charge on any atom is 0.228 e. The molecule has 2 aromatic rings. The number of fused-ring (bicyclic) bond motifs is 1. The van der Waals surface area contributed by atoms with E-state index >= 15 is 0 Å². The first-order valence-electron chi connectivity index (χ1n) is 6.16. The standard InChI is InChI=1S/C14H16N2O2/c1-16(14(17)10-6-15-7-10)8-11-9-18-13-5-3-2-4-12(11)13/h2-5,9-10,15H,6-8H2,1H3. The zero-order valence-corrected chi connectivity index (χ0v) is 10.3. The summed E-state index contributed by atoms with van der Waals surface area (Å²) >= 11 is 0. The number of carbonyl (C=O) groups excluding carboxylic acids is 1. The molecule has 18 heavy (non-hydrogen) atoms. The van der Waals surface area contributed by atoms with Crippen molar-refractivity contribution in [2.45, 2.75) is 6.54 Å². The summed E-state index contributed by atoms with van der Waals surface area (Å²) in [7, 11) is 1.85. The predicted octanol–water partition coefficient (Wildman–Crippen LogP) is 1.61. The second-order valence-electron chi connectivity index (χ2n) is 4.81. The summed E-state index contributed by atoms with van der Waals surface area (Å²) in [6, 6.07) is 7.90. The normalized spacial score (nSPS) is 15.6. The van der Waals surface area contributed by atoms with Crippen LogP contribution >= 0.6 is 0 Å². The molecule has 0 saturated carbocycles. The topological polar surface area (TPSA) is 45.5 Å². The molecule has 1 aromatic heterocycles. The van der Waals surface area contributed by atoms with Gasteiger partial charge in [-0.05, 0) is 6.07 Å². The Morgan fingerprint density at radius 2 is 2.22 bits per heavy atom. The first-order chi connectivity index (χ1) is 8.75. The molecule has 1 aromatic carbocycles. The Hall–Kier alpha value is -1.81. The van der Waals surface area contributed by atoms with Crippen LogP contribution in [0.5, 0.6) is 0 Å². The highest BCUT2D eigenvalue weighted by atomic mass is 16.3. The Bertz CT molecular complexity index is 572. The highest BCUT2D eigenvalue weighted by Crippen LogP contribution is 2.22. The van der Waals surface area contributed by atoms with Gasteiger partial charge in [-0.15, -0.1) is 0 Å². The number of rotatable bonds is 3. The van der Waals surface area contributed by atoms with Crippen molar-refractivity contribution in [3.05, 3.63) is 36.1 Å². The number of carbonyl (C=O) groups is 1. The lowest BCUT2D eigenvalue weighted by atomic mass is 10.0. The summed E-state index contributed by atoms with van der Waals surface area (Å²) in [5.41, 5.74) is 1.94. The molecular weight excluding hydrogens is 228 g/mol. The minimum absolute atomic E-state index is 0.146. The Morgan fingerprint density at radius 3 is 2.94 bits per heavy atom. The van der Waals surface area contributed by atoms with Crippen molar-refractivity contribution < 1.29 is 9.21 Å². The second-order valence-corrected chi connectivity index (χ2v) is 4.81. The molecule has 0 radical (unpaired) electrons. The van der Waals surface area contributed by atoms with Crippen LogP contribution in [0, 0.1) is 5.92 Å². The lowest BCUT2D eigenvalue weighted by Crippen LogP contribution is -2.50. The summed E-state index contributed by atoms with van der Waals surface area (Å²) < 4.78 is 5.48. The first kappa shape index (κ1) is 11.3. The minimum Gasteiger partial charge on any atom is -0.464 e. The average molecular weight is 244 g/mol. The van der Waals surface area contributed by atoms with Crippen molar-refractivity contribution in [1.82, 2.24) is 10.2 Å². The van der Waals surface area contributed by atoms with Crippen LogP contribution < -0.4 is 5.32 Å². The molecule has 94 valence electrons. The van der Waals surface area contributed by atoms with E-state index in [9.17, 15) is 4.79 Å². The first-order valence-corrected chi connectivity index (χ1v) is 6.16. The van der Waals surface area contributed by atoms with Crippen molar-refractivity contribution >= 4 is 16.9 Å². The number of benzene rings is 1. The SMILES string of the molecule is CN(Cc1coc2ccccc12)C(=O)C1CNC1. The van der Waals surface area contributed by atoms with Crippen molar-refractivity contribution in [2.75, 3.05) is 20.1 Å². The summed E-state index contributed by atoms with van der Waals surface area (Å²) in [5, 5.41) is 4.21. The van der Waals surface area contributed by atoms with E-state index in [0.29, 0.717) is 6.54 Å². The van der Waals surface area contributed by atoms with Gasteiger partial charge < -0.3 is 14.6 Å². The maximum atomic E-state index is 12.0. The van der Waals surface area contributed by atoms with E-state index in [2.05, 4.69) is 5.32 Å². The molecule has 1 saturated heterocycles. The fourth-order valence-electron chi connectivity index (χ4n) is 2.26. The fourth-order valence-corrected chi connectivity index (χ4v) is 2.26. The number of nitrogens with one attached hydrogen (secondary N) is 1. The van der Waals surface area contributed by atoms with Crippen molar-refractivity contribution in [3.63, 3.8) is 0 Å². The van der Waals surface area contributed by atoms with Crippen molar-refractivity contribution in [2.24, 2.45) is 5.92 Å². The molecule has 2 heterocycles. The lowest BCUT2D eigenvalue weighted by molar-refractivity contribution is -0.136. The molecule has 0 atom stereocenters. The third kappa shape index (κ3) is 1.88. The van der Waals surface area contributed by atoms with Crippen LogP contribution in [0.4, 0.5) is 0 Å². The van der Waals surface area contributed by atoms with E-state index in [1.165, 1.54) is 0 Å². The van der Waals surface area contributed by atoms with Crippen LogP contribution in [0.25, 0.3) is 11.0 Å². The molecule has 0 aliphatic carbocycles. The van der Waals surface area contributed by atoms with E-state index in [1.807, 2.05) is 31.3 Å². The number of hydrogen-bond acceptors (Lipinski definition) is 3. The third-order valence-corrected chi connectivity index (χ3v) is 3.48. The fraction of sp³-hybridized carbons (Fsp3) is 0.357. The van der Waals surface area contributed by atoms with Crippen LogP contribution in [-0.2, 0) is 11.3 Å². The van der Waals surface area contributed by atoms with E-state index in [0.717, 1.165) is 29.6 Å². The summed E-state index contributed by atoms with van der Waals surface area (Å²) in [6.07, 6.45) is 1.74. The Labute approximate surface area is 106 Å². The van der Waals surface area contributed by atoms with E-state index < -0.39 is 0 Å². The van der Waals surface area contributed by atoms with Gasteiger partial charge in [0, 0.05) is 37.6 Å². The van der Waals surface area contributed by atoms with Gasteiger partial charge in [-0.25, -0.2) is 0 Å². The quantitative estimate of drug-likeness (QED) is 0.892. The molecule has 3 rings (SSSR count). The molecule has 1 aliphatic rings. The van der Waals surface area contributed by atoms with Crippen LogP contribution in [0.1, 0.15) is 5.56 Å². The molecule has 4 heteroatoms. The molecule has 1 aliphatic heterocycles. The highest BCUT2D eigenvalue weighted by molar-refractivity contribution is 5.83. The Kier molecular flexibility index (Phi) is 2.80. The zero-order valence-electron chi connectivity index (χ0n) is 10.3. The van der Waals surface area contributed by atoms with Gasteiger partial charge in [0.1, 0.15) is 5.58 Å². The average Bonchev–Trinajstić information content (AvgIpc) is 2.70. The monoisotopic (exact) mass is 244 g/mol. The van der Waals surface area contributed by atoms with E-state index in [4.69, 9.17) is 4.42 Å². The molecule has 0 unspecified atom stereocenters. The third-order valence-electron chi connectivity index (χ3n) is 3.48. The Balaban J connectivity index is 1.77. The molecule has 1 amide bonds. The smallest absolute Gasteiger partial charge is 0.228 e. The van der Waals surface area contributed by atoms with Gasteiger partial charge in [0.15, 0.2) is 0 Å². The largest absolute Gasteiger partial charge is 0.464 e. The summed E-state index contributed by atoms with van der Waals surface area (Å²) in [6.45, 7) is 2.21. The van der Waals surface area contributed by atoms with Crippen molar-refractivity contribution in [3.8, 4) is 0 Å². The number of nitrogens with zero attached hydrogens (tertiary/aromatic N) is 1. The predicted molar refractivity (Wildman–Crippen MR) is 69.0 cm³/mol. The summed E-state index contributed by atoms with van der Waals surface area (Å²) in [4.78, 5) is 13.8. The van der Waals surface area contributed by atoms with Crippen LogP contribution in [0.2, 0.25) is 0 Å². The molecule has 1 fully saturated rings. The molecule has 4 nitrogen and oxygen atoms in total. The van der Waals surface area contributed by atoms with Crippen molar-refractivity contribution in [1.29, 1.82) is 0 Å². The van der Waals surface area contributed by atoms with E-state index in [1.54, 1.807) is 11.2 Å². The summed E-state index contributed by atoms with van der Waals surface area (Å²) in [5.74, 6) is 0.354. The molecule has 0 bridgehead atoms. The van der Waals surface area contributed by atoms with Gasteiger partial charge in [-0.3, -0.25) is 4.79 Å². The zero-order chi connectivity index (χ0) is 12.5. The van der Waals surface area contributed by atoms with Gasteiger partial charge in [0.25, 0.3) is 0 Å². The second kappa shape index (κ2) is 4.46. The number of furan rings is 1. The van der Waals surface area contributed by atoms with Crippen LogP contribution in [-0.4, -0.2) is 30.9 Å².